The van der Waals surface area contributed by atoms with E-state index in [0.717, 1.165) is 0 Å². The van der Waals surface area contributed by atoms with Crippen molar-refractivity contribution in [1.29, 1.82) is 0 Å². The largest absolute Gasteiger partial charge is 0.481 e. The maximum Gasteiger partial charge on any atom is 0.303 e. The Morgan fingerprint density at radius 2 is 1.82 bits per heavy atom. The highest BCUT2D eigenvalue weighted by Gasteiger charge is 2.23. The lowest BCUT2D eigenvalue weighted by atomic mass is 10.0. The molecule has 0 aromatic heterocycles. The number of amides is 1. The van der Waals surface area contributed by atoms with Gasteiger partial charge in [-0.15, -0.1) is 0 Å². The average molecular weight is 312 g/mol. The van der Waals surface area contributed by atoms with Crippen LogP contribution in [0.15, 0.2) is 24.3 Å². The lowest BCUT2D eigenvalue weighted by Crippen LogP contribution is -2.42. The SMILES string of the molecule is O=C(O)CCC(=O)N[C@@H](CO)[C@H](O)c1ccc([N+](=O)[O-])cc1. The second-order valence-corrected chi connectivity index (χ2v) is 4.54. The zero-order valence-electron chi connectivity index (χ0n) is 11.5. The summed E-state index contributed by atoms with van der Waals surface area (Å²) in [6, 6.07) is 3.98. The number of aliphatic carboxylic acids is 1. The van der Waals surface area contributed by atoms with E-state index in [1.807, 2.05) is 0 Å². The van der Waals surface area contributed by atoms with Gasteiger partial charge in [0.15, 0.2) is 0 Å². The maximum absolute atomic E-state index is 11.5. The van der Waals surface area contributed by atoms with Crippen LogP contribution in [-0.4, -0.2) is 44.8 Å². The van der Waals surface area contributed by atoms with Gasteiger partial charge in [-0.05, 0) is 17.7 Å². The van der Waals surface area contributed by atoms with Crippen molar-refractivity contribution in [3.05, 3.63) is 39.9 Å². The fourth-order valence-corrected chi connectivity index (χ4v) is 1.75. The van der Waals surface area contributed by atoms with Gasteiger partial charge < -0.3 is 20.6 Å². The van der Waals surface area contributed by atoms with Crippen LogP contribution in [0.1, 0.15) is 24.5 Å². The Bertz CT molecular complexity index is 544. The number of carboxylic acids is 1. The number of hydrogen-bond acceptors (Lipinski definition) is 6. The third kappa shape index (κ3) is 5.11. The topological polar surface area (TPSA) is 150 Å². The number of carbonyl (C=O) groups excluding carboxylic acids is 1. The molecule has 120 valence electrons. The maximum atomic E-state index is 11.5. The number of benzene rings is 1. The van der Waals surface area contributed by atoms with Crippen molar-refractivity contribution < 1.29 is 29.8 Å². The van der Waals surface area contributed by atoms with Crippen molar-refractivity contribution in [2.24, 2.45) is 0 Å². The first-order valence-corrected chi connectivity index (χ1v) is 6.39. The molecular weight excluding hydrogens is 296 g/mol. The van der Waals surface area contributed by atoms with Crippen molar-refractivity contribution in [2.45, 2.75) is 25.0 Å². The lowest BCUT2D eigenvalue weighted by molar-refractivity contribution is -0.384. The van der Waals surface area contributed by atoms with E-state index >= 15 is 0 Å². The standard InChI is InChI=1S/C13H16N2O7/c16-7-10(14-11(17)5-6-12(18)19)13(20)8-1-3-9(4-2-8)15(21)22/h1-4,10,13,16,20H,5-7H2,(H,14,17)(H,18,19)/t10-,13+/m0/s1. The van der Waals surface area contributed by atoms with Crippen LogP contribution in [0.5, 0.6) is 0 Å². The molecule has 9 nitrogen and oxygen atoms in total. The highest BCUT2D eigenvalue weighted by atomic mass is 16.6. The minimum atomic E-state index is -1.28. The monoisotopic (exact) mass is 312 g/mol. The number of non-ortho nitro benzene ring substituents is 1. The van der Waals surface area contributed by atoms with Gasteiger partial charge in [-0.1, -0.05) is 0 Å². The third-order valence-corrected chi connectivity index (χ3v) is 2.94. The molecule has 9 heteroatoms. The molecule has 22 heavy (non-hydrogen) atoms. The molecule has 1 aromatic rings. The second-order valence-electron chi connectivity index (χ2n) is 4.54. The fraction of sp³-hybridized carbons (Fsp3) is 0.385. The Labute approximate surface area is 125 Å². The number of aliphatic hydroxyl groups excluding tert-OH is 2. The average Bonchev–Trinajstić information content (AvgIpc) is 2.50. The van der Waals surface area contributed by atoms with Crippen molar-refractivity contribution in [3.8, 4) is 0 Å². The van der Waals surface area contributed by atoms with Crippen LogP contribution in [-0.2, 0) is 9.59 Å². The number of hydrogen-bond donors (Lipinski definition) is 4. The van der Waals surface area contributed by atoms with Crippen molar-refractivity contribution in [3.63, 3.8) is 0 Å². The van der Waals surface area contributed by atoms with Gasteiger partial charge in [0.2, 0.25) is 5.91 Å². The van der Waals surface area contributed by atoms with Gasteiger partial charge in [0.1, 0.15) is 6.10 Å². The predicted molar refractivity (Wildman–Crippen MR) is 73.9 cm³/mol. The summed E-state index contributed by atoms with van der Waals surface area (Å²) in [4.78, 5) is 31.8. The first-order chi connectivity index (χ1) is 10.3. The molecule has 0 fully saturated rings. The van der Waals surface area contributed by atoms with E-state index in [2.05, 4.69) is 5.32 Å². The van der Waals surface area contributed by atoms with E-state index < -0.39 is 35.6 Å². The molecule has 1 amide bonds. The van der Waals surface area contributed by atoms with E-state index in [1.165, 1.54) is 24.3 Å². The predicted octanol–water partition coefficient (Wildman–Crippen LogP) is -0.0299. The molecule has 0 radical (unpaired) electrons. The van der Waals surface area contributed by atoms with Gasteiger partial charge in [-0.2, -0.15) is 0 Å². The molecule has 0 saturated carbocycles. The number of rotatable bonds is 8. The van der Waals surface area contributed by atoms with Crippen LogP contribution < -0.4 is 5.32 Å². The van der Waals surface area contributed by atoms with E-state index in [-0.39, 0.29) is 24.1 Å². The minimum Gasteiger partial charge on any atom is -0.481 e. The van der Waals surface area contributed by atoms with E-state index in [9.17, 15) is 29.9 Å². The number of nitro benzene ring substituents is 1. The summed E-state index contributed by atoms with van der Waals surface area (Å²) < 4.78 is 0. The molecule has 0 spiro atoms. The number of carboxylic acid groups (broad SMARTS) is 1. The van der Waals surface area contributed by atoms with Crippen LogP contribution in [0.4, 0.5) is 5.69 Å². The van der Waals surface area contributed by atoms with Crippen LogP contribution in [0, 0.1) is 10.1 Å². The molecule has 2 atom stereocenters. The first-order valence-electron chi connectivity index (χ1n) is 6.39. The molecule has 1 rings (SSSR count). The van der Waals surface area contributed by atoms with Gasteiger partial charge in [0, 0.05) is 18.6 Å². The normalized spacial score (nSPS) is 13.2. The Morgan fingerprint density at radius 3 is 2.27 bits per heavy atom. The van der Waals surface area contributed by atoms with Crippen LogP contribution in [0.2, 0.25) is 0 Å². The Balaban J connectivity index is 2.70. The molecule has 0 bridgehead atoms. The van der Waals surface area contributed by atoms with E-state index in [4.69, 9.17) is 5.11 Å². The van der Waals surface area contributed by atoms with Gasteiger partial charge in [0.25, 0.3) is 5.69 Å². The molecule has 0 unspecified atom stereocenters. The number of nitrogens with one attached hydrogen (secondary N) is 1. The molecule has 0 heterocycles. The Hall–Kier alpha value is -2.52. The molecular formula is C13H16N2O7. The summed E-state index contributed by atoms with van der Waals surface area (Å²) in [5.74, 6) is -1.76. The van der Waals surface area contributed by atoms with Gasteiger partial charge in [0.05, 0.1) is 24.0 Å². The van der Waals surface area contributed by atoms with E-state index in [1.54, 1.807) is 0 Å². The summed E-state index contributed by atoms with van der Waals surface area (Å²) in [5.41, 5.74) is 0.130. The Kier molecular flexibility index (Phi) is 6.42. The highest BCUT2D eigenvalue weighted by Crippen LogP contribution is 2.20. The number of nitro groups is 1. The molecule has 0 aliphatic heterocycles. The van der Waals surface area contributed by atoms with Crippen LogP contribution in [0.3, 0.4) is 0 Å². The number of nitrogens with zero attached hydrogens (tertiary/aromatic N) is 1. The van der Waals surface area contributed by atoms with Gasteiger partial charge in [-0.25, -0.2) is 0 Å². The second kappa shape index (κ2) is 8.05. The van der Waals surface area contributed by atoms with Crippen molar-refractivity contribution in [1.82, 2.24) is 5.32 Å². The number of carbonyl (C=O) groups is 2. The summed E-state index contributed by atoms with van der Waals surface area (Å²) in [5, 5.41) is 40.6. The number of aliphatic hydroxyl groups is 2. The lowest BCUT2D eigenvalue weighted by Gasteiger charge is -2.22. The van der Waals surface area contributed by atoms with Gasteiger partial charge in [-0.3, -0.25) is 19.7 Å². The van der Waals surface area contributed by atoms with Crippen LogP contribution in [0.25, 0.3) is 0 Å². The summed E-state index contributed by atoms with van der Waals surface area (Å²) in [7, 11) is 0. The minimum absolute atomic E-state index is 0.151. The molecule has 0 aliphatic carbocycles. The zero-order chi connectivity index (χ0) is 16.7. The fourth-order valence-electron chi connectivity index (χ4n) is 1.75. The first kappa shape index (κ1) is 17.5. The third-order valence-electron chi connectivity index (χ3n) is 2.94. The summed E-state index contributed by atoms with van der Waals surface area (Å²) >= 11 is 0. The van der Waals surface area contributed by atoms with Crippen LogP contribution >= 0.6 is 0 Å². The molecule has 4 N–H and O–H groups in total. The molecule has 0 aliphatic rings. The van der Waals surface area contributed by atoms with Crippen molar-refractivity contribution >= 4 is 17.6 Å². The Morgan fingerprint density at radius 1 is 1.23 bits per heavy atom. The molecule has 1 aromatic carbocycles. The zero-order valence-corrected chi connectivity index (χ0v) is 11.5. The highest BCUT2D eigenvalue weighted by molar-refractivity contribution is 5.80. The van der Waals surface area contributed by atoms with E-state index in [0.29, 0.717) is 0 Å². The summed E-state index contributed by atoms with van der Waals surface area (Å²) in [6.07, 6.45) is -1.92. The van der Waals surface area contributed by atoms with Gasteiger partial charge >= 0.3 is 5.97 Å². The quantitative estimate of drug-likeness (QED) is 0.389. The molecule has 0 saturated heterocycles. The summed E-state index contributed by atoms with van der Waals surface area (Å²) in [6.45, 7) is -0.572. The smallest absolute Gasteiger partial charge is 0.303 e. The van der Waals surface area contributed by atoms with Crippen molar-refractivity contribution in [2.75, 3.05) is 6.61 Å².